The van der Waals surface area contributed by atoms with E-state index in [1.807, 2.05) is 4.90 Å². The Morgan fingerprint density at radius 1 is 1.00 bits per heavy atom. The quantitative estimate of drug-likeness (QED) is 0.742. The minimum absolute atomic E-state index is 0.0812. The number of carbonyl (C=O) groups excluding carboxylic acids is 1. The van der Waals surface area contributed by atoms with E-state index in [-0.39, 0.29) is 5.91 Å². The van der Waals surface area contributed by atoms with E-state index in [0.29, 0.717) is 35.9 Å². The van der Waals surface area contributed by atoms with Gasteiger partial charge in [-0.15, -0.1) is 0 Å². The molecule has 1 atom stereocenters. The molecule has 2 fully saturated rings. The summed E-state index contributed by atoms with van der Waals surface area (Å²) in [5, 5.41) is 0. The molecule has 0 spiro atoms. The number of alkyl halides is 3. The Bertz CT molecular complexity index is 869. The van der Waals surface area contributed by atoms with Gasteiger partial charge in [-0.1, -0.05) is 30.3 Å². The number of amides is 1. The summed E-state index contributed by atoms with van der Waals surface area (Å²) in [5.41, 5.74) is 1.07. The standard InChI is InChI=1S/C23H25F3N2O2/c24-23(25,26)18-9-7-17(8-10-18)20-5-1-2-6-21(20)22(29)28-13-11-27(12-14-28)16-19-4-3-15-30-19/h1-2,5-10,19H,3-4,11-16H2. The minimum Gasteiger partial charge on any atom is -0.377 e. The first-order valence-electron chi connectivity index (χ1n) is 10.3. The summed E-state index contributed by atoms with van der Waals surface area (Å²) >= 11 is 0. The molecule has 4 rings (SSSR count). The Labute approximate surface area is 174 Å². The summed E-state index contributed by atoms with van der Waals surface area (Å²) in [6.45, 7) is 4.61. The third kappa shape index (κ3) is 4.68. The summed E-state index contributed by atoms with van der Waals surface area (Å²) < 4.78 is 44.3. The SMILES string of the molecule is O=C(c1ccccc1-c1ccc(C(F)(F)F)cc1)N1CCN(CC2CCCO2)CC1. The van der Waals surface area contributed by atoms with Crippen LogP contribution in [0.2, 0.25) is 0 Å². The molecular weight excluding hydrogens is 393 g/mol. The second-order valence-corrected chi connectivity index (χ2v) is 7.85. The van der Waals surface area contributed by atoms with Crippen molar-refractivity contribution in [3.05, 3.63) is 59.7 Å². The van der Waals surface area contributed by atoms with Gasteiger partial charge in [0.15, 0.2) is 0 Å². The maximum atomic E-state index is 13.2. The van der Waals surface area contributed by atoms with E-state index in [0.717, 1.165) is 51.2 Å². The van der Waals surface area contributed by atoms with E-state index in [9.17, 15) is 18.0 Å². The number of rotatable bonds is 4. The molecule has 0 bridgehead atoms. The molecule has 0 radical (unpaired) electrons. The molecule has 160 valence electrons. The normalized spacial score (nSPS) is 20.5. The Morgan fingerprint density at radius 2 is 1.70 bits per heavy atom. The first-order valence-corrected chi connectivity index (χ1v) is 10.3. The number of piperazine rings is 1. The zero-order chi connectivity index (χ0) is 21.1. The molecule has 1 amide bonds. The van der Waals surface area contributed by atoms with Crippen LogP contribution in [-0.4, -0.2) is 61.1 Å². The Morgan fingerprint density at radius 3 is 2.33 bits per heavy atom. The highest BCUT2D eigenvalue weighted by atomic mass is 19.4. The summed E-state index contributed by atoms with van der Waals surface area (Å²) in [7, 11) is 0. The van der Waals surface area contributed by atoms with Gasteiger partial charge in [-0.25, -0.2) is 0 Å². The molecule has 0 aliphatic carbocycles. The first kappa shape index (κ1) is 20.9. The third-order valence-corrected chi connectivity index (χ3v) is 5.83. The van der Waals surface area contributed by atoms with E-state index < -0.39 is 11.7 Å². The number of benzene rings is 2. The van der Waals surface area contributed by atoms with Crippen LogP contribution in [0.5, 0.6) is 0 Å². The van der Waals surface area contributed by atoms with E-state index in [1.54, 1.807) is 24.3 Å². The molecule has 7 heteroatoms. The van der Waals surface area contributed by atoms with Gasteiger partial charge in [-0.3, -0.25) is 9.69 Å². The van der Waals surface area contributed by atoms with Crippen molar-refractivity contribution >= 4 is 5.91 Å². The smallest absolute Gasteiger partial charge is 0.377 e. The lowest BCUT2D eigenvalue weighted by Crippen LogP contribution is -2.50. The molecule has 2 heterocycles. The molecule has 0 aromatic heterocycles. The molecule has 2 aliphatic heterocycles. The lowest BCUT2D eigenvalue weighted by molar-refractivity contribution is -0.137. The fourth-order valence-corrected chi connectivity index (χ4v) is 4.14. The van der Waals surface area contributed by atoms with Crippen molar-refractivity contribution < 1.29 is 22.7 Å². The highest BCUT2D eigenvalue weighted by Gasteiger charge is 2.30. The average molecular weight is 418 g/mol. The zero-order valence-corrected chi connectivity index (χ0v) is 16.7. The molecule has 1 unspecified atom stereocenters. The van der Waals surface area contributed by atoms with Crippen LogP contribution in [0.3, 0.4) is 0 Å². The summed E-state index contributed by atoms with van der Waals surface area (Å²) in [6.07, 6.45) is -1.87. The number of carbonyl (C=O) groups is 1. The van der Waals surface area contributed by atoms with Gasteiger partial charge in [0.25, 0.3) is 5.91 Å². The molecule has 0 N–H and O–H groups in total. The topological polar surface area (TPSA) is 32.8 Å². The highest BCUT2D eigenvalue weighted by Crippen LogP contribution is 2.32. The summed E-state index contributed by atoms with van der Waals surface area (Å²) in [5.74, 6) is -0.0812. The lowest BCUT2D eigenvalue weighted by atomic mass is 9.97. The van der Waals surface area contributed by atoms with Crippen LogP contribution in [0.1, 0.15) is 28.8 Å². The fraction of sp³-hybridized carbons (Fsp3) is 0.435. The fourth-order valence-electron chi connectivity index (χ4n) is 4.14. The second kappa shape index (κ2) is 8.78. The largest absolute Gasteiger partial charge is 0.416 e. The van der Waals surface area contributed by atoms with E-state index in [1.165, 1.54) is 12.1 Å². The van der Waals surface area contributed by atoms with E-state index in [4.69, 9.17) is 4.74 Å². The van der Waals surface area contributed by atoms with Crippen LogP contribution < -0.4 is 0 Å². The van der Waals surface area contributed by atoms with Crippen molar-refractivity contribution in [3.63, 3.8) is 0 Å². The van der Waals surface area contributed by atoms with Crippen LogP contribution in [0.4, 0.5) is 13.2 Å². The van der Waals surface area contributed by atoms with Crippen LogP contribution in [0.15, 0.2) is 48.5 Å². The van der Waals surface area contributed by atoms with Crippen molar-refractivity contribution in [2.24, 2.45) is 0 Å². The third-order valence-electron chi connectivity index (χ3n) is 5.83. The van der Waals surface area contributed by atoms with Gasteiger partial charge < -0.3 is 9.64 Å². The highest BCUT2D eigenvalue weighted by molar-refractivity contribution is 6.01. The molecule has 30 heavy (non-hydrogen) atoms. The number of halogens is 3. The van der Waals surface area contributed by atoms with Crippen molar-refractivity contribution in [2.75, 3.05) is 39.3 Å². The van der Waals surface area contributed by atoms with E-state index in [2.05, 4.69) is 4.90 Å². The first-order chi connectivity index (χ1) is 14.4. The van der Waals surface area contributed by atoms with Gasteiger partial charge in [0.05, 0.1) is 11.7 Å². The van der Waals surface area contributed by atoms with Crippen LogP contribution in [-0.2, 0) is 10.9 Å². The van der Waals surface area contributed by atoms with Crippen LogP contribution in [0.25, 0.3) is 11.1 Å². The molecule has 2 aromatic rings. The van der Waals surface area contributed by atoms with Crippen LogP contribution >= 0.6 is 0 Å². The molecule has 0 saturated carbocycles. The number of nitrogens with zero attached hydrogens (tertiary/aromatic N) is 2. The Balaban J connectivity index is 1.45. The monoisotopic (exact) mass is 418 g/mol. The molecule has 2 aliphatic rings. The summed E-state index contributed by atoms with van der Waals surface area (Å²) in [4.78, 5) is 17.3. The average Bonchev–Trinajstić information content (AvgIpc) is 3.26. The van der Waals surface area contributed by atoms with Gasteiger partial charge in [-0.2, -0.15) is 13.2 Å². The van der Waals surface area contributed by atoms with Crippen molar-refractivity contribution in [1.29, 1.82) is 0 Å². The Kier molecular flexibility index (Phi) is 6.11. The van der Waals surface area contributed by atoms with Gasteiger partial charge in [0.2, 0.25) is 0 Å². The van der Waals surface area contributed by atoms with Gasteiger partial charge in [-0.05, 0) is 42.2 Å². The second-order valence-electron chi connectivity index (χ2n) is 7.85. The number of hydrogen-bond donors (Lipinski definition) is 0. The molecule has 2 aromatic carbocycles. The lowest BCUT2D eigenvalue weighted by Gasteiger charge is -2.36. The molecule has 4 nitrogen and oxygen atoms in total. The molecular formula is C23H25F3N2O2. The van der Waals surface area contributed by atoms with E-state index >= 15 is 0 Å². The summed E-state index contributed by atoms with van der Waals surface area (Å²) in [6, 6.07) is 12.1. The van der Waals surface area contributed by atoms with Crippen LogP contribution in [0, 0.1) is 0 Å². The maximum Gasteiger partial charge on any atom is 0.416 e. The minimum atomic E-state index is -4.38. The Hall–Kier alpha value is -2.38. The van der Waals surface area contributed by atoms with Crippen molar-refractivity contribution in [1.82, 2.24) is 9.80 Å². The van der Waals surface area contributed by atoms with Gasteiger partial charge >= 0.3 is 6.18 Å². The van der Waals surface area contributed by atoms with Gasteiger partial charge in [0.1, 0.15) is 0 Å². The zero-order valence-electron chi connectivity index (χ0n) is 16.7. The number of ether oxygens (including phenoxy) is 1. The predicted molar refractivity (Wildman–Crippen MR) is 108 cm³/mol. The van der Waals surface area contributed by atoms with Crippen molar-refractivity contribution in [3.8, 4) is 11.1 Å². The van der Waals surface area contributed by atoms with Crippen molar-refractivity contribution in [2.45, 2.75) is 25.1 Å². The maximum absolute atomic E-state index is 13.2. The molecule has 2 saturated heterocycles. The predicted octanol–water partition coefficient (Wildman–Crippen LogP) is 4.31. The number of hydrogen-bond acceptors (Lipinski definition) is 3. The van der Waals surface area contributed by atoms with Gasteiger partial charge in [0, 0.05) is 44.9 Å².